The van der Waals surface area contributed by atoms with E-state index in [9.17, 15) is 0 Å². The number of fused-ring (bicyclic) bond motifs is 7. The summed E-state index contributed by atoms with van der Waals surface area (Å²) in [6.45, 7) is 4.29. The van der Waals surface area contributed by atoms with Crippen LogP contribution in [0.2, 0.25) is 0 Å². The zero-order valence-corrected chi connectivity index (χ0v) is 16.2. The normalized spacial score (nSPS) is 21.6. The number of alkyl halides is 1. The Labute approximate surface area is 155 Å². The first-order valence-corrected chi connectivity index (χ1v) is 10.0. The van der Waals surface area contributed by atoms with E-state index in [2.05, 4.69) is 54.0 Å². The average Bonchev–Trinajstić information content (AvgIpc) is 2.62. The average molecular weight is 397 g/mol. The molecule has 128 valence electrons. The van der Waals surface area contributed by atoms with E-state index < -0.39 is 0 Å². The monoisotopic (exact) mass is 396 g/mol. The molecule has 0 saturated carbocycles. The van der Waals surface area contributed by atoms with Crippen LogP contribution in [0.4, 0.5) is 0 Å². The Bertz CT molecular complexity index is 1010. The van der Waals surface area contributed by atoms with Gasteiger partial charge in [0.05, 0.1) is 27.2 Å². The topological polar surface area (TPSA) is 35.0 Å². The number of hydrogen-bond donors (Lipinski definition) is 0. The van der Waals surface area contributed by atoms with E-state index >= 15 is 0 Å². The molecule has 0 amide bonds. The Morgan fingerprint density at radius 1 is 1.00 bits per heavy atom. The molecule has 2 aliphatic rings. The van der Waals surface area contributed by atoms with E-state index in [0.29, 0.717) is 0 Å². The summed E-state index contributed by atoms with van der Waals surface area (Å²) in [5.74, 6) is 0.994. The van der Waals surface area contributed by atoms with Gasteiger partial charge in [0.15, 0.2) is 0 Å². The second kappa shape index (κ2) is 5.41. The summed E-state index contributed by atoms with van der Waals surface area (Å²) < 4.78 is 6.48. The minimum Gasteiger partial charge on any atom is -0.486 e. The number of hydrogen-bond acceptors (Lipinski definition) is 3. The predicted molar refractivity (Wildman–Crippen MR) is 105 cm³/mol. The molecule has 2 aromatic carbocycles. The molecule has 3 aromatic rings. The standard InChI is InChI=1S/C21H21BrN2O/c1-21(2)17(22)11-14-19-18(23-15-9-5-6-10-16(15)24-19)12-7-3-4-8-13(12)20(14)25-21/h3-4,7-8,17H,5-6,9-11H2,1-2H3. The second-order valence-electron chi connectivity index (χ2n) is 7.75. The Morgan fingerprint density at radius 2 is 1.64 bits per heavy atom. The maximum Gasteiger partial charge on any atom is 0.133 e. The molecule has 3 nitrogen and oxygen atoms in total. The van der Waals surface area contributed by atoms with Gasteiger partial charge in [0.25, 0.3) is 0 Å². The lowest BCUT2D eigenvalue weighted by Gasteiger charge is -2.38. The summed E-state index contributed by atoms with van der Waals surface area (Å²) in [6, 6.07) is 8.46. The van der Waals surface area contributed by atoms with Gasteiger partial charge in [-0.25, -0.2) is 9.97 Å². The molecule has 0 fully saturated rings. The highest BCUT2D eigenvalue weighted by Crippen LogP contribution is 2.45. The van der Waals surface area contributed by atoms with E-state index in [1.807, 2.05) is 0 Å². The number of aromatic nitrogens is 2. The summed E-state index contributed by atoms with van der Waals surface area (Å²) >= 11 is 3.83. The summed E-state index contributed by atoms with van der Waals surface area (Å²) in [5, 5.41) is 2.31. The Hall–Kier alpha value is -1.68. The largest absolute Gasteiger partial charge is 0.486 e. The Balaban J connectivity index is 1.91. The SMILES string of the molecule is CC1(C)Oc2c(c3nc4c(nc3c3ccccc23)CCCC4)CC1Br. The Morgan fingerprint density at radius 3 is 2.36 bits per heavy atom. The van der Waals surface area contributed by atoms with Crippen LogP contribution in [0.25, 0.3) is 21.8 Å². The van der Waals surface area contributed by atoms with Gasteiger partial charge in [0, 0.05) is 16.3 Å². The van der Waals surface area contributed by atoms with Crippen LogP contribution >= 0.6 is 15.9 Å². The third-order valence-corrected chi connectivity index (χ3v) is 7.04. The predicted octanol–water partition coefficient (Wildman–Crippen LogP) is 5.14. The fourth-order valence-electron chi connectivity index (χ4n) is 4.10. The van der Waals surface area contributed by atoms with Gasteiger partial charge in [-0.1, -0.05) is 40.2 Å². The van der Waals surface area contributed by atoms with Crippen LogP contribution in [0.15, 0.2) is 24.3 Å². The number of benzene rings is 2. The lowest BCUT2D eigenvalue weighted by Crippen LogP contribution is -2.43. The minimum absolute atomic E-state index is 0.245. The van der Waals surface area contributed by atoms with Crippen molar-refractivity contribution >= 4 is 37.7 Å². The van der Waals surface area contributed by atoms with Gasteiger partial charge < -0.3 is 4.74 Å². The van der Waals surface area contributed by atoms with Gasteiger partial charge in [0.2, 0.25) is 0 Å². The maximum absolute atomic E-state index is 6.48. The smallest absolute Gasteiger partial charge is 0.133 e. The number of nitrogens with zero attached hydrogens (tertiary/aromatic N) is 2. The van der Waals surface area contributed by atoms with Gasteiger partial charge in [-0.05, 0) is 46.0 Å². The lowest BCUT2D eigenvalue weighted by atomic mass is 9.90. The number of rotatable bonds is 0. The fourth-order valence-corrected chi connectivity index (χ4v) is 4.52. The maximum atomic E-state index is 6.48. The molecule has 1 aromatic heterocycles. The lowest BCUT2D eigenvalue weighted by molar-refractivity contribution is 0.0962. The fraction of sp³-hybridized carbons (Fsp3) is 0.429. The van der Waals surface area contributed by atoms with Crippen LogP contribution in [0, 0.1) is 0 Å². The van der Waals surface area contributed by atoms with Crippen LogP contribution in [-0.4, -0.2) is 20.4 Å². The van der Waals surface area contributed by atoms with Crippen LogP contribution in [0.5, 0.6) is 5.75 Å². The van der Waals surface area contributed by atoms with Gasteiger partial charge in [-0.15, -0.1) is 0 Å². The van der Waals surface area contributed by atoms with Crippen molar-refractivity contribution in [3.63, 3.8) is 0 Å². The van der Waals surface area contributed by atoms with Crippen molar-refractivity contribution in [1.29, 1.82) is 0 Å². The Kier molecular flexibility index (Phi) is 3.37. The van der Waals surface area contributed by atoms with E-state index in [4.69, 9.17) is 14.7 Å². The quantitative estimate of drug-likeness (QED) is 0.389. The zero-order chi connectivity index (χ0) is 17.2. The highest BCUT2D eigenvalue weighted by atomic mass is 79.9. The number of aryl methyl sites for hydroxylation is 2. The van der Waals surface area contributed by atoms with Crippen molar-refractivity contribution in [2.75, 3.05) is 0 Å². The summed E-state index contributed by atoms with van der Waals surface area (Å²) in [5.41, 5.74) is 5.41. The molecule has 1 aliphatic carbocycles. The van der Waals surface area contributed by atoms with E-state index in [-0.39, 0.29) is 10.4 Å². The molecule has 0 spiro atoms. The van der Waals surface area contributed by atoms with Crippen molar-refractivity contribution in [1.82, 2.24) is 9.97 Å². The first-order valence-electron chi connectivity index (χ1n) is 9.11. The van der Waals surface area contributed by atoms with Crippen molar-refractivity contribution in [3.05, 3.63) is 41.2 Å². The van der Waals surface area contributed by atoms with Crippen LogP contribution in [0.3, 0.4) is 0 Å². The molecule has 1 aliphatic heterocycles. The van der Waals surface area contributed by atoms with Crippen molar-refractivity contribution < 1.29 is 4.74 Å². The van der Waals surface area contributed by atoms with Crippen molar-refractivity contribution in [2.45, 2.75) is 56.4 Å². The third-order valence-electron chi connectivity index (χ3n) is 5.62. The van der Waals surface area contributed by atoms with Gasteiger partial charge >= 0.3 is 0 Å². The van der Waals surface area contributed by atoms with E-state index in [1.54, 1.807) is 0 Å². The highest BCUT2D eigenvalue weighted by Gasteiger charge is 2.37. The molecule has 5 rings (SSSR count). The number of halogens is 1. The molecule has 4 heteroatoms. The third kappa shape index (κ3) is 2.30. The van der Waals surface area contributed by atoms with Crippen molar-refractivity contribution in [2.24, 2.45) is 0 Å². The van der Waals surface area contributed by atoms with E-state index in [1.165, 1.54) is 29.8 Å². The molecule has 0 N–H and O–H groups in total. The molecule has 1 atom stereocenters. The molecular formula is C21H21BrN2O. The van der Waals surface area contributed by atoms with Gasteiger partial charge in [-0.2, -0.15) is 0 Å². The molecule has 2 heterocycles. The minimum atomic E-state index is -0.245. The molecule has 0 bridgehead atoms. The van der Waals surface area contributed by atoms with Crippen LogP contribution in [0.1, 0.15) is 43.6 Å². The molecule has 0 saturated heterocycles. The van der Waals surface area contributed by atoms with Gasteiger partial charge in [0.1, 0.15) is 11.4 Å². The van der Waals surface area contributed by atoms with Crippen molar-refractivity contribution in [3.8, 4) is 5.75 Å². The molecule has 1 unspecified atom stereocenters. The number of ether oxygens (including phenoxy) is 1. The first kappa shape index (κ1) is 15.6. The van der Waals surface area contributed by atoms with E-state index in [0.717, 1.165) is 46.8 Å². The van der Waals surface area contributed by atoms with Gasteiger partial charge in [-0.3, -0.25) is 0 Å². The van der Waals surface area contributed by atoms with Crippen LogP contribution < -0.4 is 4.74 Å². The highest BCUT2D eigenvalue weighted by molar-refractivity contribution is 9.09. The molecule has 0 radical (unpaired) electrons. The summed E-state index contributed by atoms with van der Waals surface area (Å²) in [6.07, 6.45) is 5.44. The zero-order valence-electron chi connectivity index (χ0n) is 14.6. The first-order chi connectivity index (χ1) is 12.0. The summed E-state index contributed by atoms with van der Waals surface area (Å²) in [7, 11) is 0. The van der Waals surface area contributed by atoms with Crippen LogP contribution in [-0.2, 0) is 19.3 Å². The molecule has 25 heavy (non-hydrogen) atoms. The molecular weight excluding hydrogens is 376 g/mol. The summed E-state index contributed by atoms with van der Waals surface area (Å²) in [4.78, 5) is 10.4. The second-order valence-corrected chi connectivity index (χ2v) is 8.86.